The molecule has 0 aromatic rings. The van der Waals surface area contributed by atoms with Crippen LogP contribution in [-0.4, -0.2) is 43.4 Å². The molecule has 0 radical (unpaired) electrons. The SMILES string of the molecule is CC1C2CC3CC(C2)CC1(C(=O)OCCOC(=O)C(F)(F)S(=O)(=O)O)C3. The smallest absolute Gasteiger partial charge is 0.462 e. The summed E-state index contributed by atoms with van der Waals surface area (Å²) in [6.07, 6.45) is 4.94. The summed E-state index contributed by atoms with van der Waals surface area (Å²) in [5.74, 6) is -1.08. The van der Waals surface area contributed by atoms with Gasteiger partial charge in [0.2, 0.25) is 0 Å². The number of hydrogen-bond acceptors (Lipinski definition) is 6. The molecule has 0 aromatic heterocycles. The van der Waals surface area contributed by atoms with Gasteiger partial charge in [-0.25, -0.2) is 4.79 Å². The standard InChI is InChI=1S/C16H22F2O7S/c1-9-12-5-10-4-11(6-12)8-15(9,7-10)13(19)24-2-3-25-14(20)16(17,18)26(21,22)23/h9-12H,2-8H2,1H3,(H,21,22,23). The zero-order valence-electron chi connectivity index (χ0n) is 14.3. The molecule has 0 aliphatic heterocycles. The topological polar surface area (TPSA) is 107 Å². The van der Waals surface area contributed by atoms with Gasteiger partial charge in [-0.2, -0.15) is 17.2 Å². The van der Waals surface area contributed by atoms with Crippen LogP contribution < -0.4 is 0 Å². The van der Waals surface area contributed by atoms with Crippen molar-refractivity contribution < 1.29 is 40.8 Å². The molecule has 3 atom stereocenters. The molecule has 4 aliphatic rings. The molecule has 4 bridgehead atoms. The van der Waals surface area contributed by atoms with Crippen molar-refractivity contribution in [1.29, 1.82) is 0 Å². The lowest BCUT2D eigenvalue weighted by molar-refractivity contribution is -0.185. The van der Waals surface area contributed by atoms with E-state index in [1.54, 1.807) is 0 Å². The quantitative estimate of drug-likeness (QED) is 0.416. The second kappa shape index (κ2) is 6.40. The van der Waals surface area contributed by atoms with E-state index in [9.17, 15) is 26.8 Å². The third-order valence-corrected chi connectivity index (χ3v) is 7.16. The number of carbonyl (C=O) groups is 2. The number of rotatable bonds is 6. The van der Waals surface area contributed by atoms with Crippen molar-refractivity contribution in [1.82, 2.24) is 0 Å². The molecule has 1 N–H and O–H groups in total. The maximum atomic E-state index is 13.0. The van der Waals surface area contributed by atoms with Gasteiger partial charge in [-0.15, -0.1) is 0 Å². The molecule has 26 heavy (non-hydrogen) atoms. The van der Waals surface area contributed by atoms with E-state index in [1.807, 2.05) is 0 Å². The van der Waals surface area contributed by atoms with Gasteiger partial charge in [0.15, 0.2) is 0 Å². The highest BCUT2D eigenvalue weighted by Gasteiger charge is 2.59. The molecular formula is C16H22F2O7S. The van der Waals surface area contributed by atoms with Crippen molar-refractivity contribution in [3.8, 4) is 0 Å². The summed E-state index contributed by atoms with van der Waals surface area (Å²) in [4.78, 5) is 23.7. The van der Waals surface area contributed by atoms with E-state index < -0.39 is 45.9 Å². The van der Waals surface area contributed by atoms with Crippen LogP contribution in [0.2, 0.25) is 0 Å². The summed E-state index contributed by atoms with van der Waals surface area (Å²) < 4.78 is 64.6. The highest BCUT2D eigenvalue weighted by Crippen LogP contribution is 2.63. The summed E-state index contributed by atoms with van der Waals surface area (Å²) in [5, 5.41) is -5.05. The Morgan fingerprint density at radius 3 is 2.19 bits per heavy atom. The number of halogens is 2. The van der Waals surface area contributed by atoms with Gasteiger partial charge in [0, 0.05) is 0 Å². The fourth-order valence-electron chi connectivity index (χ4n) is 5.25. The Morgan fingerprint density at radius 2 is 1.65 bits per heavy atom. The molecule has 4 saturated carbocycles. The van der Waals surface area contributed by atoms with E-state index in [0.717, 1.165) is 32.1 Å². The zero-order valence-corrected chi connectivity index (χ0v) is 15.1. The Morgan fingerprint density at radius 1 is 1.12 bits per heavy atom. The largest absolute Gasteiger partial charge is 0.465 e. The average molecular weight is 396 g/mol. The Labute approximate surface area is 150 Å². The third kappa shape index (κ3) is 3.11. The van der Waals surface area contributed by atoms with E-state index in [2.05, 4.69) is 11.7 Å². The molecule has 0 aromatic carbocycles. The first-order valence-electron chi connectivity index (χ1n) is 8.66. The van der Waals surface area contributed by atoms with Crippen LogP contribution >= 0.6 is 0 Å². The van der Waals surface area contributed by atoms with Gasteiger partial charge in [-0.05, 0) is 55.8 Å². The predicted octanol–water partition coefficient (Wildman–Crippen LogP) is 2.02. The molecule has 4 aliphatic carbocycles. The molecule has 10 heteroatoms. The van der Waals surface area contributed by atoms with E-state index in [-0.39, 0.29) is 5.92 Å². The van der Waals surface area contributed by atoms with Crippen molar-refractivity contribution in [2.24, 2.45) is 29.1 Å². The van der Waals surface area contributed by atoms with Gasteiger partial charge in [0.25, 0.3) is 0 Å². The molecule has 0 heterocycles. The number of alkyl halides is 2. The number of hydrogen-bond donors (Lipinski definition) is 1. The lowest BCUT2D eigenvalue weighted by Crippen LogP contribution is -2.56. The fourth-order valence-corrected chi connectivity index (χ4v) is 5.52. The maximum Gasteiger partial charge on any atom is 0.465 e. The van der Waals surface area contributed by atoms with Crippen LogP contribution in [0.1, 0.15) is 39.0 Å². The molecule has 4 fully saturated rings. The molecule has 0 amide bonds. The maximum absolute atomic E-state index is 13.0. The van der Waals surface area contributed by atoms with Gasteiger partial charge in [0.05, 0.1) is 5.41 Å². The Hall–Kier alpha value is -1.29. The van der Waals surface area contributed by atoms with E-state index >= 15 is 0 Å². The normalized spacial score (nSPS) is 36.0. The molecule has 4 rings (SSSR count). The van der Waals surface area contributed by atoms with Crippen molar-refractivity contribution in [3.63, 3.8) is 0 Å². The minimum atomic E-state index is -5.91. The number of ether oxygens (including phenoxy) is 2. The first-order chi connectivity index (χ1) is 12.0. The lowest BCUT2D eigenvalue weighted by Gasteiger charge is -2.58. The minimum absolute atomic E-state index is 0.189. The van der Waals surface area contributed by atoms with E-state index in [0.29, 0.717) is 17.8 Å². The van der Waals surface area contributed by atoms with Gasteiger partial charge < -0.3 is 9.47 Å². The summed E-state index contributed by atoms with van der Waals surface area (Å²) >= 11 is 0. The van der Waals surface area contributed by atoms with Gasteiger partial charge in [-0.1, -0.05) is 6.92 Å². The number of esters is 2. The minimum Gasteiger partial charge on any atom is -0.462 e. The van der Waals surface area contributed by atoms with Gasteiger partial charge in [0.1, 0.15) is 13.2 Å². The Kier molecular flexibility index (Phi) is 4.79. The highest BCUT2D eigenvalue weighted by atomic mass is 32.2. The first kappa shape index (κ1) is 19.5. The van der Waals surface area contributed by atoms with Crippen LogP contribution in [-0.2, 0) is 29.2 Å². The summed E-state index contributed by atoms with van der Waals surface area (Å²) in [5.41, 5.74) is -0.558. The average Bonchev–Trinajstić information content (AvgIpc) is 2.54. The molecule has 0 saturated heterocycles. The van der Waals surface area contributed by atoms with Crippen LogP contribution in [0.3, 0.4) is 0 Å². The molecule has 0 spiro atoms. The van der Waals surface area contributed by atoms with Crippen LogP contribution in [0.4, 0.5) is 8.78 Å². The van der Waals surface area contributed by atoms with Crippen LogP contribution in [0.15, 0.2) is 0 Å². The third-order valence-electron chi connectivity index (χ3n) is 6.34. The van der Waals surface area contributed by atoms with E-state index in [1.165, 1.54) is 0 Å². The predicted molar refractivity (Wildman–Crippen MR) is 83.6 cm³/mol. The summed E-state index contributed by atoms with van der Waals surface area (Å²) in [7, 11) is -5.91. The Bertz CT molecular complexity index is 691. The zero-order chi connectivity index (χ0) is 19.3. The number of carbonyl (C=O) groups excluding carboxylic acids is 2. The molecule has 148 valence electrons. The summed E-state index contributed by atoms with van der Waals surface area (Å²) in [6.45, 7) is 0.896. The van der Waals surface area contributed by atoms with E-state index in [4.69, 9.17) is 9.29 Å². The Balaban J connectivity index is 1.53. The molecular weight excluding hydrogens is 374 g/mol. The van der Waals surface area contributed by atoms with Crippen molar-refractivity contribution >= 4 is 22.1 Å². The fraction of sp³-hybridized carbons (Fsp3) is 0.875. The van der Waals surface area contributed by atoms with Crippen molar-refractivity contribution in [2.75, 3.05) is 13.2 Å². The van der Waals surface area contributed by atoms with Crippen molar-refractivity contribution in [3.05, 3.63) is 0 Å². The second-order valence-corrected chi connectivity index (χ2v) is 9.28. The van der Waals surface area contributed by atoms with Crippen LogP contribution in [0.25, 0.3) is 0 Å². The van der Waals surface area contributed by atoms with Crippen LogP contribution in [0, 0.1) is 29.1 Å². The van der Waals surface area contributed by atoms with Crippen molar-refractivity contribution in [2.45, 2.75) is 44.3 Å². The van der Waals surface area contributed by atoms with Gasteiger partial charge >= 0.3 is 27.3 Å². The highest BCUT2D eigenvalue weighted by molar-refractivity contribution is 7.87. The second-order valence-electron chi connectivity index (χ2n) is 7.82. The molecule has 7 nitrogen and oxygen atoms in total. The summed E-state index contributed by atoms with van der Waals surface area (Å²) in [6, 6.07) is 0. The van der Waals surface area contributed by atoms with Crippen LogP contribution in [0.5, 0.6) is 0 Å². The lowest BCUT2D eigenvalue weighted by atomic mass is 9.45. The first-order valence-corrected chi connectivity index (χ1v) is 10.1. The molecule has 3 unspecified atom stereocenters. The monoisotopic (exact) mass is 396 g/mol. The van der Waals surface area contributed by atoms with Gasteiger partial charge in [-0.3, -0.25) is 9.35 Å².